The maximum atomic E-state index is 12.6. The van der Waals surface area contributed by atoms with Crippen molar-refractivity contribution in [1.82, 2.24) is 4.98 Å². The number of ether oxygens (including phenoxy) is 2. The molecule has 1 amide bonds. The van der Waals surface area contributed by atoms with Gasteiger partial charge in [-0.1, -0.05) is 18.2 Å². The summed E-state index contributed by atoms with van der Waals surface area (Å²) in [6, 6.07) is 17.6. The Bertz CT molecular complexity index is 1010. The van der Waals surface area contributed by atoms with Gasteiger partial charge in [0.2, 0.25) is 0 Å². The summed E-state index contributed by atoms with van der Waals surface area (Å²) in [4.78, 5) is 19.5. The number of nitrogens with one attached hydrogen (secondary N) is 1. The molecule has 1 aliphatic heterocycles. The Balaban J connectivity index is 1.53. The minimum absolute atomic E-state index is 0.253. The number of hydrogen-bond acceptors (Lipinski definition) is 5. The number of carbonyl (C=O) groups excluding carboxylic acids is 1. The highest BCUT2D eigenvalue weighted by atomic mass is 16.5. The summed E-state index contributed by atoms with van der Waals surface area (Å²) in [7, 11) is 3.10. The molecule has 3 aromatic rings. The van der Waals surface area contributed by atoms with Crippen molar-refractivity contribution in [2.45, 2.75) is 19.4 Å². The molecule has 2 aromatic carbocycles. The number of benzene rings is 2. The molecular formula is C23H23N3O3. The molecule has 148 valence electrons. The molecule has 0 spiro atoms. The quantitative estimate of drug-likeness (QED) is 0.699. The summed E-state index contributed by atoms with van der Waals surface area (Å²) in [6.07, 6.45) is 2.67. The molecule has 0 fully saturated rings. The maximum absolute atomic E-state index is 12.6. The Labute approximate surface area is 170 Å². The zero-order valence-electron chi connectivity index (χ0n) is 16.7. The van der Waals surface area contributed by atoms with Gasteiger partial charge in [-0.3, -0.25) is 4.79 Å². The van der Waals surface area contributed by atoms with E-state index in [4.69, 9.17) is 9.47 Å². The molecule has 1 unspecified atom stereocenters. The first kappa shape index (κ1) is 18.8. The third kappa shape index (κ3) is 3.74. The Morgan fingerprint density at radius 2 is 1.79 bits per heavy atom. The predicted molar refractivity (Wildman–Crippen MR) is 113 cm³/mol. The van der Waals surface area contributed by atoms with E-state index in [0.29, 0.717) is 28.8 Å². The Hall–Kier alpha value is -3.54. The van der Waals surface area contributed by atoms with Gasteiger partial charge in [0.15, 0.2) is 0 Å². The van der Waals surface area contributed by atoms with Crippen LogP contribution in [0.1, 0.15) is 22.8 Å². The van der Waals surface area contributed by atoms with Gasteiger partial charge in [0.25, 0.3) is 5.91 Å². The van der Waals surface area contributed by atoms with Crippen LogP contribution in [0.4, 0.5) is 17.2 Å². The normalized spacial score (nSPS) is 15.0. The second-order valence-corrected chi connectivity index (χ2v) is 7.01. The van der Waals surface area contributed by atoms with Crippen LogP contribution in [-0.4, -0.2) is 31.2 Å². The zero-order valence-corrected chi connectivity index (χ0v) is 16.7. The van der Waals surface area contributed by atoms with Crippen LogP contribution >= 0.6 is 0 Å². The van der Waals surface area contributed by atoms with Gasteiger partial charge in [-0.2, -0.15) is 0 Å². The molecule has 1 atom stereocenters. The SMILES string of the molecule is COc1cc(OC)cc(C(=O)Nc2ccc(N3c4ccccc4CC3C)nc2)c1. The first-order valence-electron chi connectivity index (χ1n) is 9.46. The monoisotopic (exact) mass is 389 g/mol. The number of aromatic nitrogens is 1. The molecule has 2 heterocycles. The van der Waals surface area contributed by atoms with Crippen molar-refractivity contribution < 1.29 is 14.3 Å². The third-order valence-corrected chi connectivity index (χ3v) is 5.07. The molecule has 0 saturated heterocycles. The van der Waals surface area contributed by atoms with Gasteiger partial charge < -0.3 is 19.7 Å². The van der Waals surface area contributed by atoms with E-state index in [1.807, 2.05) is 18.2 Å². The van der Waals surface area contributed by atoms with Crippen molar-refractivity contribution in [3.63, 3.8) is 0 Å². The van der Waals surface area contributed by atoms with Gasteiger partial charge in [0.05, 0.1) is 26.1 Å². The first-order chi connectivity index (χ1) is 14.1. The second-order valence-electron chi connectivity index (χ2n) is 7.01. The van der Waals surface area contributed by atoms with Gasteiger partial charge in [0, 0.05) is 23.4 Å². The van der Waals surface area contributed by atoms with Crippen molar-refractivity contribution in [3.8, 4) is 11.5 Å². The Morgan fingerprint density at radius 1 is 1.07 bits per heavy atom. The van der Waals surface area contributed by atoms with Crippen LogP contribution in [0.2, 0.25) is 0 Å². The average molecular weight is 389 g/mol. The lowest BCUT2D eigenvalue weighted by Gasteiger charge is -2.24. The van der Waals surface area contributed by atoms with Gasteiger partial charge in [0.1, 0.15) is 17.3 Å². The summed E-state index contributed by atoms with van der Waals surface area (Å²) < 4.78 is 10.5. The fraction of sp³-hybridized carbons (Fsp3) is 0.217. The molecule has 6 nitrogen and oxygen atoms in total. The topological polar surface area (TPSA) is 63.7 Å². The number of amides is 1. The fourth-order valence-electron chi connectivity index (χ4n) is 3.66. The number of carbonyl (C=O) groups is 1. The molecule has 1 aliphatic rings. The van der Waals surface area contributed by atoms with E-state index < -0.39 is 0 Å². The van der Waals surface area contributed by atoms with Crippen molar-refractivity contribution in [2.75, 3.05) is 24.4 Å². The second kappa shape index (κ2) is 7.83. The maximum Gasteiger partial charge on any atom is 0.255 e. The van der Waals surface area contributed by atoms with Crippen molar-refractivity contribution in [2.24, 2.45) is 0 Å². The lowest BCUT2D eigenvalue weighted by molar-refractivity contribution is 0.102. The smallest absolute Gasteiger partial charge is 0.255 e. The molecular weight excluding hydrogens is 366 g/mol. The molecule has 0 saturated carbocycles. The number of pyridine rings is 1. The number of hydrogen-bond donors (Lipinski definition) is 1. The first-order valence-corrected chi connectivity index (χ1v) is 9.46. The van der Waals surface area contributed by atoms with Crippen molar-refractivity contribution in [3.05, 3.63) is 71.9 Å². The van der Waals surface area contributed by atoms with E-state index in [1.165, 1.54) is 11.3 Å². The lowest BCUT2D eigenvalue weighted by atomic mass is 10.1. The van der Waals surface area contributed by atoms with Crippen molar-refractivity contribution >= 4 is 23.1 Å². The zero-order chi connectivity index (χ0) is 20.4. The number of fused-ring (bicyclic) bond motifs is 1. The molecule has 1 aromatic heterocycles. The largest absolute Gasteiger partial charge is 0.497 e. The standard InChI is InChI=1S/C23H23N3O3/c1-15-10-16-6-4-5-7-21(16)26(15)22-9-8-18(14-24-22)25-23(27)17-11-19(28-2)13-20(12-17)29-3/h4-9,11-15H,10H2,1-3H3,(H,25,27). The molecule has 0 aliphatic carbocycles. The van der Waals surface area contributed by atoms with E-state index in [1.54, 1.807) is 38.6 Å². The van der Waals surface area contributed by atoms with Gasteiger partial charge in [-0.05, 0) is 49.2 Å². The molecule has 6 heteroatoms. The van der Waals surface area contributed by atoms with Crippen LogP contribution in [0.3, 0.4) is 0 Å². The van der Waals surface area contributed by atoms with Crippen LogP contribution in [-0.2, 0) is 6.42 Å². The van der Waals surface area contributed by atoms with Crippen LogP contribution in [0, 0.1) is 0 Å². The Kier molecular flexibility index (Phi) is 5.08. The van der Waals surface area contributed by atoms with Crippen LogP contribution in [0.15, 0.2) is 60.8 Å². The van der Waals surface area contributed by atoms with E-state index >= 15 is 0 Å². The minimum atomic E-state index is -0.253. The summed E-state index contributed by atoms with van der Waals surface area (Å²) in [5, 5.41) is 2.88. The molecule has 4 rings (SSSR count). The molecule has 1 N–H and O–H groups in total. The number of para-hydroxylation sites is 1. The summed E-state index contributed by atoms with van der Waals surface area (Å²) in [5.41, 5.74) is 3.59. The summed E-state index contributed by atoms with van der Waals surface area (Å²) >= 11 is 0. The van der Waals surface area contributed by atoms with E-state index in [-0.39, 0.29) is 5.91 Å². The lowest BCUT2D eigenvalue weighted by Crippen LogP contribution is -2.24. The number of methoxy groups -OCH3 is 2. The van der Waals surface area contributed by atoms with Gasteiger partial charge in [-0.25, -0.2) is 4.98 Å². The number of nitrogens with zero attached hydrogens (tertiary/aromatic N) is 2. The van der Waals surface area contributed by atoms with Crippen LogP contribution < -0.4 is 19.7 Å². The predicted octanol–water partition coefficient (Wildman–Crippen LogP) is 4.43. The van der Waals surface area contributed by atoms with Crippen LogP contribution in [0.25, 0.3) is 0 Å². The van der Waals surface area contributed by atoms with Crippen molar-refractivity contribution in [1.29, 1.82) is 0 Å². The molecule has 0 bridgehead atoms. The van der Waals surface area contributed by atoms with Crippen LogP contribution in [0.5, 0.6) is 11.5 Å². The summed E-state index contributed by atoms with van der Waals surface area (Å²) in [6.45, 7) is 2.19. The highest BCUT2D eigenvalue weighted by Gasteiger charge is 2.27. The number of rotatable bonds is 5. The van der Waals surface area contributed by atoms with E-state index in [2.05, 4.69) is 40.3 Å². The van der Waals surface area contributed by atoms with E-state index in [9.17, 15) is 4.79 Å². The number of anilines is 3. The molecule has 0 radical (unpaired) electrons. The van der Waals surface area contributed by atoms with Gasteiger partial charge in [-0.15, -0.1) is 0 Å². The third-order valence-electron chi connectivity index (χ3n) is 5.07. The average Bonchev–Trinajstić information content (AvgIpc) is 3.09. The summed E-state index contributed by atoms with van der Waals surface area (Å²) in [5.74, 6) is 1.73. The van der Waals surface area contributed by atoms with E-state index in [0.717, 1.165) is 12.2 Å². The Morgan fingerprint density at radius 3 is 2.45 bits per heavy atom. The fourth-order valence-corrected chi connectivity index (χ4v) is 3.66. The molecule has 29 heavy (non-hydrogen) atoms. The highest BCUT2D eigenvalue weighted by Crippen LogP contribution is 2.37. The van der Waals surface area contributed by atoms with Gasteiger partial charge >= 0.3 is 0 Å². The minimum Gasteiger partial charge on any atom is -0.497 e. The highest BCUT2D eigenvalue weighted by molar-refractivity contribution is 6.04.